The number of sulfonamides is 1. The van der Waals surface area contributed by atoms with E-state index in [4.69, 9.17) is 5.11 Å². The minimum Gasteiger partial charge on any atom is -0.477 e. The summed E-state index contributed by atoms with van der Waals surface area (Å²) in [4.78, 5) is 12.4. The van der Waals surface area contributed by atoms with Crippen LogP contribution < -0.4 is 4.72 Å². The van der Waals surface area contributed by atoms with Crippen molar-refractivity contribution < 1.29 is 18.3 Å². The fourth-order valence-electron chi connectivity index (χ4n) is 1.16. The number of hydrogen-bond acceptors (Lipinski definition) is 5. The fraction of sp³-hybridized carbons (Fsp3) is 0.500. The summed E-state index contributed by atoms with van der Waals surface area (Å²) in [5.74, 6) is -1.23. The first-order valence-electron chi connectivity index (χ1n) is 5.22. The number of hydrogen-bond donors (Lipinski definition) is 2. The van der Waals surface area contributed by atoms with E-state index in [-0.39, 0.29) is 22.4 Å². The molecule has 0 aliphatic rings. The monoisotopic (exact) mass is 292 g/mol. The third-order valence-corrected chi connectivity index (χ3v) is 5.06. The lowest BCUT2D eigenvalue weighted by atomic mass is 10.3. The van der Waals surface area contributed by atoms with Crippen molar-refractivity contribution in [2.75, 3.05) is 20.6 Å². The largest absolute Gasteiger partial charge is 0.477 e. The highest BCUT2D eigenvalue weighted by Gasteiger charge is 2.24. The molecule has 1 rings (SSSR count). The van der Waals surface area contributed by atoms with E-state index in [1.54, 1.807) is 0 Å². The molecule has 102 valence electrons. The standard InChI is InChI=1S/C10H16N2O4S2/c1-7(12(2)3)6-11-18(15,16)8-4-5-17-9(8)10(13)14/h4-5,7,11H,6H2,1-3H3,(H,13,14). The van der Waals surface area contributed by atoms with Gasteiger partial charge in [-0.05, 0) is 32.5 Å². The molecule has 1 aromatic heterocycles. The Kier molecular flexibility index (Phi) is 4.85. The van der Waals surface area contributed by atoms with Crippen molar-refractivity contribution in [3.63, 3.8) is 0 Å². The van der Waals surface area contributed by atoms with E-state index in [0.29, 0.717) is 0 Å². The Balaban J connectivity index is 2.87. The van der Waals surface area contributed by atoms with Gasteiger partial charge < -0.3 is 10.0 Å². The minimum absolute atomic E-state index is 0.0201. The maximum absolute atomic E-state index is 12.0. The number of aromatic carboxylic acids is 1. The summed E-state index contributed by atoms with van der Waals surface area (Å²) in [6, 6.07) is 1.32. The second kappa shape index (κ2) is 5.79. The van der Waals surface area contributed by atoms with Gasteiger partial charge in [0.15, 0.2) is 0 Å². The summed E-state index contributed by atoms with van der Waals surface area (Å²) < 4.78 is 26.3. The molecule has 1 unspecified atom stereocenters. The molecule has 1 atom stereocenters. The molecule has 0 saturated carbocycles. The van der Waals surface area contributed by atoms with E-state index in [0.717, 1.165) is 11.3 Å². The number of rotatable bonds is 6. The van der Waals surface area contributed by atoms with Crippen LogP contribution in [0.5, 0.6) is 0 Å². The van der Waals surface area contributed by atoms with Crippen LogP contribution in [0.15, 0.2) is 16.3 Å². The Bertz CT molecular complexity index is 522. The Morgan fingerprint density at radius 2 is 2.17 bits per heavy atom. The van der Waals surface area contributed by atoms with Gasteiger partial charge in [0.25, 0.3) is 0 Å². The first-order chi connectivity index (χ1) is 8.25. The number of nitrogens with one attached hydrogen (secondary N) is 1. The summed E-state index contributed by atoms with van der Waals surface area (Å²) in [6.07, 6.45) is 0. The quantitative estimate of drug-likeness (QED) is 0.805. The van der Waals surface area contributed by atoms with Gasteiger partial charge in [-0.3, -0.25) is 0 Å². The molecule has 8 heteroatoms. The Morgan fingerprint density at radius 1 is 1.56 bits per heavy atom. The molecule has 2 N–H and O–H groups in total. The molecule has 0 amide bonds. The zero-order valence-electron chi connectivity index (χ0n) is 10.4. The second-order valence-corrected chi connectivity index (χ2v) is 6.74. The lowest BCUT2D eigenvalue weighted by Gasteiger charge is -2.19. The average Bonchev–Trinajstić information content (AvgIpc) is 2.75. The highest BCUT2D eigenvalue weighted by molar-refractivity contribution is 7.89. The maximum Gasteiger partial charge on any atom is 0.347 e. The van der Waals surface area contributed by atoms with E-state index < -0.39 is 16.0 Å². The average molecular weight is 292 g/mol. The highest BCUT2D eigenvalue weighted by atomic mass is 32.2. The summed E-state index contributed by atoms with van der Waals surface area (Å²) in [6.45, 7) is 2.10. The lowest BCUT2D eigenvalue weighted by molar-refractivity contribution is 0.0698. The van der Waals surface area contributed by atoms with Gasteiger partial charge in [0, 0.05) is 12.6 Å². The molecule has 0 fully saturated rings. The van der Waals surface area contributed by atoms with Crippen LogP contribution in [0.3, 0.4) is 0 Å². The number of nitrogens with zero attached hydrogens (tertiary/aromatic N) is 1. The van der Waals surface area contributed by atoms with Crippen molar-refractivity contribution in [2.45, 2.75) is 17.9 Å². The molecule has 1 aromatic rings. The number of thiophene rings is 1. The van der Waals surface area contributed by atoms with Crippen LogP contribution in [0, 0.1) is 0 Å². The predicted octanol–water partition coefficient (Wildman–Crippen LogP) is 0.675. The fourth-order valence-corrected chi connectivity index (χ4v) is 3.54. The van der Waals surface area contributed by atoms with Crippen LogP contribution in [0.4, 0.5) is 0 Å². The molecule has 0 aromatic carbocycles. The first-order valence-corrected chi connectivity index (χ1v) is 7.59. The molecule has 0 aliphatic heterocycles. The van der Waals surface area contributed by atoms with E-state index in [2.05, 4.69) is 4.72 Å². The van der Waals surface area contributed by atoms with Gasteiger partial charge in [-0.1, -0.05) is 0 Å². The third-order valence-electron chi connectivity index (χ3n) is 2.56. The summed E-state index contributed by atoms with van der Waals surface area (Å²) >= 11 is 0.896. The van der Waals surface area contributed by atoms with Crippen molar-refractivity contribution in [3.05, 3.63) is 16.3 Å². The van der Waals surface area contributed by atoms with Gasteiger partial charge >= 0.3 is 5.97 Å². The van der Waals surface area contributed by atoms with Crippen molar-refractivity contribution >= 4 is 27.3 Å². The van der Waals surface area contributed by atoms with Crippen molar-refractivity contribution in [3.8, 4) is 0 Å². The van der Waals surface area contributed by atoms with Crippen LogP contribution in [0.2, 0.25) is 0 Å². The first kappa shape index (κ1) is 15.1. The van der Waals surface area contributed by atoms with Crippen LogP contribution in [0.25, 0.3) is 0 Å². The molecule has 0 saturated heterocycles. The normalized spacial score (nSPS) is 13.8. The highest BCUT2D eigenvalue weighted by Crippen LogP contribution is 2.21. The second-order valence-electron chi connectivity index (χ2n) is 4.08. The SMILES string of the molecule is CC(CNS(=O)(=O)c1ccsc1C(=O)O)N(C)C. The van der Waals surface area contributed by atoms with Crippen molar-refractivity contribution in [1.29, 1.82) is 0 Å². The number of carboxylic acid groups (broad SMARTS) is 1. The zero-order chi connectivity index (χ0) is 13.9. The predicted molar refractivity (Wildman–Crippen MR) is 69.6 cm³/mol. The maximum atomic E-state index is 12.0. The molecule has 0 bridgehead atoms. The van der Waals surface area contributed by atoms with Gasteiger partial charge in [-0.15, -0.1) is 11.3 Å². The molecule has 6 nitrogen and oxygen atoms in total. The third kappa shape index (κ3) is 3.52. The molecular weight excluding hydrogens is 276 g/mol. The van der Waals surface area contributed by atoms with Gasteiger partial charge in [0.05, 0.1) is 0 Å². The van der Waals surface area contributed by atoms with Gasteiger partial charge in [0.2, 0.25) is 10.0 Å². The lowest BCUT2D eigenvalue weighted by Crippen LogP contribution is -2.38. The summed E-state index contributed by atoms with van der Waals surface area (Å²) in [7, 11) is -0.0892. The van der Waals surface area contributed by atoms with Crippen LogP contribution in [-0.2, 0) is 10.0 Å². The van der Waals surface area contributed by atoms with Crippen LogP contribution >= 0.6 is 11.3 Å². The van der Waals surface area contributed by atoms with Gasteiger partial charge in [-0.2, -0.15) is 0 Å². The Hall–Kier alpha value is -0.960. The van der Waals surface area contributed by atoms with Gasteiger partial charge in [-0.25, -0.2) is 17.9 Å². The molecule has 0 radical (unpaired) electrons. The Morgan fingerprint density at radius 3 is 2.67 bits per heavy atom. The van der Waals surface area contributed by atoms with Gasteiger partial charge in [0.1, 0.15) is 9.77 Å². The van der Waals surface area contributed by atoms with E-state index in [9.17, 15) is 13.2 Å². The number of likely N-dealkylation sites (N-methyl/N-ethyl adjacent to an activating group) is 1. The van der Waals surface area contributed by atoms with E-state index in [1.165, 1.54) is 11.4 Å². The van der Waals surface area contributed by atoms with E-state index >= 15 is 0 Å². The zero-order valence-corrected chi connectivity index (χ0v) is 12.0. The molecule has 0 aliphatic carbocycles. The summed E-state index contributed by atoms with van der Waals surface area (Å²) in [5, 5.41) is 10.3. The minimum atomic E-state index is -3.77. The topological polar surface area (TPSA) is 86.7 Å². The smallest absolute Gasteiger partial charge is 0.347 e. The molecule has 18 heavy (non-hydrogen) atoms. The van der Waals surface area contributed by atoms with E-state index in [1.807, 2.05) is 25.9 Å². The molecule has 1 heterocycles. The van der Waals surface area contributed by atoms with Crippen LogP contribution in [-0.4, -0.2) is 51.1 Å². The number of carboxylic acids is 1. The number of carbonyl (C=O) groups is 1. The molecule has 0 spiro atoms. The van der Waals surface area contributed by atoms with Crippen LogP contribution in [0.1, 0.15) is 16.6 Å². The van der Waals surface area contributed by atoms with Crippen molar-refractivity contribution in [1.82, 2.24) is 9.62 Å². The Labute approximate surface area is 110 Å². The van der Waals surface area contributed by atoms with Crippen molar-refractivity contribution in [2.24, 2.45) is 0 Å². The summed E-state index contributed by atoms with van der Waals surface area (Å²) in [5.41, 5.74) is 0. The molecular formula is C10H16N2O4S2.